The molecule has 0 aliphatic heterocycles. The van der Waals surface area contributed by atoms with Crippen LogP contribution in [-0.4, -0.2) is 7.05 Å². The molecule has 13 heavy (non-hydrogen) atoms. The highest BCUT2D eigenvalue weighted by Gasteiger charge is 2.06. The Balaban J connectivity index is 3.13. The molecule has 1 aromatic rings. The standard InChI is InChI=1S/C11H16IN/c1-7-5-10(9(3)13-4)6-8(2)11(7)12/h5-6,9,13H,1-4H3/t9-/m1/s1. The highest BCUT2D eigenvalue weighted by molar-refractivity contribution is 14.1. The lowest BCUT2D eigenvalue weighted by atomic mass is 10.0. The van der Waals surface area contributed by atoms with Gasteiger partial charge in [-0.2, -0.15) is 0 Å². The van der Waals surface area contributed by atoms with Crippen LogP contribution in [0.25, 0.3) is 0 Å². The Kier molecular flexibility index (Phi) is 3.74. The molecule has 0 saturated heterocycles. The van der Waals surface area contributed by atoms with E-state index in [1.54, 1.807) is 0 Å². The van der Waals surface area contributed by atoms with Crippen molar-refractivity contribution in [2.24, 2.45) is 0 Å². The Hall–Kier alpha value is -0.0900. The minimum atomic E-state index is 0.439. The van der Waals surface area contributed by atoms with E-state index in [0.29, 0.717) is 6.04 Å². The van der Waals surface area contributed by atoms with Crippen molar-refractivity contribution in [3.05, 3.63) is 32.4 Å². The van der Waals surface area contributed by atoms with Gasteiger partial charge in [0.25, 0.3) is 0 Å². The van der Waals surface area contributed by atoms with Crippen molar-refractivity contribution < 1.29 is 0 Å². The molecule has 2 heteroatoms. The Morgan fingerprint density at radius 1 is 1.23 bits per heavy atom. The van der Waals surface area contributed by atoms with Crippen LogP contribution in [0.5, 0.6) is 0 Å². The minimum absolute atomic E-state index is 0.439. The summed E-state index contributed by atoms with van der Waals surface area (Å²) in [4.78, 5) is 0. The van der Waals surface area contributed by atoms with Crippen molar-refractivity contribution in [3.8, 4) is 0 Å². The van der Waals surface area contributed by atoms with Crippen LogP contribution in [0.1, 0.15) is 29.7 Å². The van der Waals surface area contributed by atoms with Crippen molar-refractivity contribution in [3.63, 3.8) is 0 Å². The van der Waals surface area contributed by atoms with E-state index in [2.05, 4.69) is 60.8 Å². The molecule has 0 aromatic heterocycles. The Labute approximate surface area is 94.1 Å². The molecule has 0 bridgehead atoms. The fourth-order valence-corrected chi connectivity index (χ4v) is 1.71. The maximum absolute atomic E-state index is 3.25. The van der Waals surface area contributed by atoms with E-state index >= 15 is 0 Å². The molecule has 0 radical (unpaired) electrons. The monoisotopic (exact) mass is 289 g/mol. The minimum Gasteiger partial charge on any atom is -0.313 e. The van der Waals surface area contributed by atoms with Crippen LogP contribution in [0, 0.1) is 17.4 Å². The zero-order valence-electron chi connectivity index (χ0n) is 8.61. The van der Waals surface area contributed by atoms with E-state index in [1.807, 2.05) is 7.05 Å². The van der Waals surface area contributed by atoms with Crippen molar-refractivity contribution in [1.29, 1.82) is 0 Å². The molecule has 0 aliphatic carbocycles. The van der Waals surface area contributed by atoms with Crippen LogP contribution in [0.3, 0.4) is 0 Å². The van der Waals surface area contributed by atoms with Gasteiger partial charge in [0.1, 0.15) is 0 Å². The second kappa shape index (κ2) is 4.42. The Morgan fingerprint density at radius 2 is 1.69 bits per heavy atom. The zero-order chi connectivity index (χ0) is 10.0. The Morgan fingerprint density at radius 3 is 2.08 bits per heavy atom. The summed E-state index contributed by atoms with van der Waals surface area (Å²) in [6.45, 7) is 6.52. The van der Waals surface area contributed by atoms with Crippen LogP contribution >= 0.6 is 22.6 Å². The molecular weight excluding hydrogens is 273 g/mol. The normalized spacial score (nSPS) is 13.0. The van der Waals surface area contributed by atoms with Gasteiger partial charge in [-0.15, -0.1) is 0 Å². The molecular formula is C11H16IN. The quantitative estimate of drug-likeness (QED) is 0.824. The summed E-state index contributed by atoms with van der Waals surface area (Å²) in [6.07, 6.45) is 0. The van der Waals surface area contributed by atoms with Gasteiger partial charge in [-0.3, -0.25) is 0 Å². The lowest BCUT2D eigenvalue weighted by Crippen LogP contribution is -2.12. The number of aryl methyl sites for hydroxylation is 2. The van der Waals surface area contributed by atoms with Gasteiger partial charge in [0.2, 0.25) is 0 Å². The number of hydrogen-bond acceptors (Lipinski definition) is 1. The van der Waals surface area contributed by atoms with E-state index in [0.717, 1.165) is 0 Å². The molecule has 1 rings (SSSR count). The highest BCUT2D eigenvalue weighted by Crippen LogP contribution is 2.22. The van der Waals surface area contributed by atoms with Crippen LogP contribution in [-0.2, 0) is 0 Å². The molecule has 0 unspecified atom stereocenters. The Bertz CT molecular complexity index is 284. The second-order valence-electron chi connectivity index (χ2n) is 3.48. The summed E-state index contributed by atoms with van der Waals surface area (Å²) >= 11 is 2.40. The average Bonchev–Trinajstić information content (AvgIpc) is 2.12. The van der Waals surface area contributed by atoms with Crippen molar-refractivity contribution >= 4 is 22.6 Å². The van der Waals surface area contributed by atoms with Crippen LogP contribution < -0.4 is 5.32 Å². The second-order valence-corrected chi connectivity index (χ2v) is 4.56. The largest absolute Gasteiger partial charge is 0.313 e. The van der Waals surface area contributed by atoms with Gasteiger partial charge in [-0.25, -0.2) is 0 Å². The summed E-state index contributed by atoms with van der Waals surface area (Å²) < 4.78 is 1.38. The average molecular weight is 289 g/mol. The molecule has 1 aromatic carbocycles. The van der Waals surface area contributed by atoms with E-state index in [1.165, 1.54) is 20.3 Å². The fraction of sp³-hybridized carbons (Fsp3) is 0.455. The predicted molar refractivity (Wildman–Crippen MR) is 66.1 cm³/mol. The number of hydrogen-bond donors (Lipinski definition) is 1. The van der Waals surface area contributed by atoms with Crippen molar-refractivity contribution in [1.82, 2.24) is 5.32 Å². The van der Waals surface area contributed by atoms with Gasteiger partial charge in [-0.05, 0) is 67.1 Å². The third-order valence-corrected chi connectivity index (χ3v) is 4.09. The SMILES string of the molecule is CN[C@H](C)c1cc(C)c(I)c(C)c1. The van der Waals surface area contributed by atoms with E-state index in [4.69, 9.17) is 0 Å². The molecule has 0 fully saturated rings. The summed E-state index contributed by atoms with van der Waals surface area (Å²) in [5.41, 5.74) is 4.12. The lowest BCUT2D eigenvalue weighted by molar-refractivity contribution is 0.651. The molecule has 0 aliphatic rings. The molecule has 72 valence electrons. The third-order valence-electron chi connectivity index (χ3n) is 2.39. The van der Waals surface area contributed by atoms with E-state index in [9.17, 15) is 0 Å². The molecule has 0 heterocycles. The molecule has 0 amide bonds. The molecule has 0 spiro atoms. The maximum Gasteiger partial charge on any atom is 0.0289 e. The highest BCUT2D eigenvalue weighted by atomic mass is 127. The summed E-state index contributed by atoms with van der Waals surface area (Å²) in [5.74, 6) is 0. The van der Waals surface area contributed by atoms with E-state index in [-0.39, 0.29) is 0 Å². The van der Waals surface area contributed by atoms with Crippen molar-refractivity contribution in [2.75, 3.05) is 7.05 Å². The first kappa shape index (κ1) is 11.0. The lowest BCUT2D eigenvalue weighted by Gasteiger charge is -2.13. The summed E-state index contributed by atoms with van der Waals surface area (Å²) in [6, 6.07) is 4.96. The van der Waals surface area contributed by atoms with Gasteiger partial charge in [0.15, 0.2) is 0 Å². The number of nitrogens with one attached hydrogen (secondary N) is 1. The molecule has 1 N–H and O–H groups in total. The van der Waals surface area contributed by atoms with Gasteiger partial charge in [0.05, 0.1) is 0 Å². The van der Waals surface area contributed by atoms with Crippen molar-refractivity contribution in [2.45, 2.75) is 26.8 Å². The van der Waals surface area contributed by atoms with E-state index < -0.39 is 0 Å². The predicted octanol–water partition coefficient (Wildman–Crippen LogP) is 3.19. The van der Waals surface area contributed by atoms with Gasteiger partial charge < -0.3 is 5.32 Å². The maximum atomic E-state index is 3.25. The topological polar surface area (TPSA) is 12.0 Å². The molecule has 1 atom stereocenters. The first-order valence-electron chi connectivity index (χ1n) is 4.50. The smallest absolute Gasteiger partial charge is 0.0289 e. The number of halogens is 1. The first-order chi connectivity index (χ1) is 6.06. The van der Waals surface area contributed by atoms with Gasteiger partial charge in [-0.1, -0.05) is 12.1 Å². The van der Waals surface area contributed by atoms with Crippen LogP contribution in [0.4, 0.5) is 0 Å². The number of benzene rings is 1. The first-order valence-corrected chi connectivity index (χ1v) is 5.58. The molecule has 1 nitrogen and oxygen atoms in total. The zero-order valence-corrected chi connectivity index (χ0v) is 10.8. The summed E-state index contributed by atoms with van der Waals surface area (Å²) in [7, 11) is 1.99. The third kappa shape index (κ3) is 2.44. The molecule has 0 saturated carbocycles. The number of rotatable bonds is 2. The van der Waals surface area contributed by atoms with Gasteiger partial charge >= 0.3 is 0 Å². The van der Waals surface area contributed by atoms with Crippen LogP contribution in [0.2, 0.25) is 0 Å². The van der Waals surface area contributed by atoms with Crippen LogP contribution in [0.15, 0.2) is 12.1 Å². The van der Waals surface area contributed by atoms with Gasteiger partial charge in [0, 0.05) is 9.61 Å². The fourth-order valence-electron chi connectivity index (χ4n) is 1.40. The summed E-state index contributed by atoms with van der Waals surface area (Å²) in [5, 5.41) is 3.25.